The molecule has 0 unspecified atom stereocenters. The molecular formula is C21H33N5. The van der Waals surface area contributed by atoms with Gasteiger partial charge in [-0.25, -0.2) is 9.97 Å². The lowest BCUT2D eigenvalue weighted by Gasteiger charge is -2.34. The standard InChI is InChI=1S/C21H33N5/c1(2-9-25-15-19-17-4-5-18(14-17)20(19)16-25)8-24-10-12-26(13-11-24)21-22-6-3-7-23-21/h3,6-7,17-20H,1-2,4-5,8-16H2/t17-,18+,19-,20+. The summed E-state index contributed by atoms with van der Waals surface area (Å²) in [7, 11) is 0. The fraction of sp³-hybridized carbons (Fsp3) is 0.810. The Labute approximate surface area is 157 Å². The molecule has 0 radical (unpaired) electrons. The lowest BCUT2D eigenvalue weighted by Crippen LogP contribution is -2.47. The van der Waals surface area contributed by atoms with Crippen molar-refractivity contribution < 1.29 is 0 Å². The van der Waals surface area contributed by atoms with Crippen molar-refractivity contribution in [2.24, 2.45) is 23.7 Å². The van der Waals surface area contributed by atoms with Crippen LogP contribution in [0.1, 0.15) is 32.1 Å². The molecule has 2 saturated carbocycles. The number of aromatic nitrogens is 2. The molecule has 3 heterocycles. The molecule has 2 aliphatic carbocycles. The zero-order valence-corrected chi connectivity index (χ0v) is 16.0. The van der Waals surface area contributed by atoms with Gasteiger partial charge in [0.15, 0.2) is 0 Å². The summed E-state index contributed by atoms with van der Waals surface area (Å²) in [6.45, 7) is 9.85. The van der Waals surface area contributed by atoms with Gasteiger partial charge in [0.25, 0.3) is 0 Å². The third kappa shape index (κ3) is 3.36. The van der Waals surface area contributed by atoms with Crippen LogP contribution in [0.2, 0.25) is 0 Å². The van der Waals surface area contributed by atoms with Gasteiger partial charge in [-0.2, -0.15) is 0 Å². The van der Waals surface area contributed by atoms with E-state index in [-0.39, 0.29) is 0 Å². The number of fused-ring (bicyclic) bond motifs is 5. The van der Waals surface area contributed by atoms with Crippen molar-refractivity contribution in [3.8, 4) is 0 Å². The highest BCUT2D eigenvalue weighted by molar-refractivity contribution is 5.29. The van der Waals surface area contributed by atoms with Crippen LogP contribution >= 0.6 is 0 Å². The monoisotopic (exact) mass is 355 g/mol. The van der Waals surface area contributed by atoms with E-state index >= 15 is 0 Å². The van der Waals surface area contributed by atoms with Gasteiger partial charge in [-0.1, -0.05) is 0 Å². The number of unbranched alkanes of at least 4 members (excludes halogenated alkanes) is 1. The first-order valence-corrected chi connectivity index (χ1v) is 10.8. The average Bonchev–Trinajstić information content (AvgIpc) is 3.40. The maximum absolute atomic E-state index is 4.38. The zero-order chi connectivity index (χ0) is 17.3. The third-order valence-electron chi connectivity index (χ3n) is 7.62. The highest BCUT2D eigenvalue weighted by Crippen LogP contribution is 2.55. The summed E-state index contributed by atoms with van der Waals surface area (Å²) in [5.41, 5.74) is 0. The van der Waals surface area contributed by atoms with Gasteiger partial charge < -0.3 is 9.80 Å². The van der Waals surface area contributed by atoms with Crippen LogP contribution in [-0.2, 0) is 0 Å². The Bertz CT molecular complexity index is 567. The Morgan fingerprint density at radius 3 is 2.08 bits per heavy atom. The molecule has 26 heavy (non-hydrogen) atoms. The average molecular weight is 356 g/mol. The van der Waals surface area contributed by atoms with Crippen molar-refractivity contribution in [3.63, 3.8) is 0 Å². The first-order chi connectivity index (χ1) is 12.9. The van der Waals surface area contributed by atoms with Gasteiger partial charge in [0.1, 0.15) is 0 Å². The highest BCUT2D eigenvalue weighted by atomic mass is 15.3. The lowest BCUT2D eigenvalue weighted by atomic mass is 9.82. The smallest absolute Gasteiger partial charge is 0.225 e. The van der Waals surface area contributed by atoms with E-state index in [4.69, 9.17) is 0 Å². The molecule has 2 saturated heterocycles. The van der Waals surface area contributed by atoms with Gasteiger partial charge in [-0.3, -0.25) is 4.90 Å². The molecule has 142 valence electrons. The Kier molecular flexibility index (Phi) is 4.84. The first kappa shape index (κ1) is 16.9. The van der Waals surface area contributed by atoms with Gasteiger partial charge in [0.2, 0.25) is 5.95 Å². The molecule has 5 nitrogen and oxygen atoms in total. The Morgan fingerprint density at radius 1 is 0.808 bits per heavy atom. The Morgan fingerprint density at radius 2 is 1.42 bits per heavy atom. The molecule has 0 aromatic carbocycles. The predicted octanol–water partition coefficient (Wildman–Crippen LogP) is 2.36. The normalized spacial score (nSPS) is 34.5. The van der Waals surface area contributed by atoms with Crippen molar-refractivity contribution in [2.45, 2.75) is 32.1 Å². The fourth-order valence-electron chi connectivity index (χ4n) is 6.25. The summed E-state index contributed by atoms with van der Waals surface area (Å²) < 4.78 is 0. The fourth-order valence-corrected chi connectivity index (χ4v) is 6.25. The summed E-state index contributed by atoms with van der Waals surface area (Å²) in [6, 6.07) is 1.89. The molecule has 0 amide bonds. The molecule has 2 bridgehead atoms. The molecule has 5 rings (SSSR count). The topological polar surface area (TPSA) is 35.5 Å². The van der Waals surface area contributed by atoms with Crippen LogP contribution in [-0.4, -0.2) is 72.1 Å². The Hall–Kier alpha value is -1.20. The number of piperazine rings is 1. The number of hydrogen-bond acceptors (Lipinski definition) is 5. The number of anilines is 1. The van der Waals surface area contributed by atoms with E-state index in [1.807, 2.05) is 18.5 Å². The van der Waals surface area contributed by atoms with Gasteiger partial charge in [-0.05, 0) is 74.9 Å². The Balaban J connectivity index is 0.988. The maximum atomic E-state index is 4.38. The van der Waals surface area contributed by atoms with Crippen molar-refractivity contribution in [1.29, 1.82) is 0 Å². The largest absolute Gasteiger partial charge is 0.338 e. The van der Waals surface area contributed by atoms with Crippen molar-refractivity contribution in [1.82, 2.24) is 19.8 Å². The van der Waals surface area contributed by atoms with Gasteiger partial charge in [0.05, 0.1) is 0 Å². The quantitative estimate of drug-likeness (QED) is 0.732. The van der Waals surface area contributed by atoms with Crippen LogP contribution in [0.4, 0.5) is 5.95 Å². The van der Waals surface area contributed by atoms with Crippen LogP contribution in [0, 0.1) is 23.7 Å². The van der Waals surface area contributed by atoms with E-state index in [9.17, 15) is 0 Å². The third-order valence-corrected chi connectivity index (χ3v) is 7.62. The molecule has 1 aromatic heterocycles. The molecular weight excluding hydrogens is 322 g/mol. The summed E-state index contributed by atoms with van der Waals surface area (Å²) >= 11 is 0. The van der Waals surface area contributed by atoms with E-state index in [0.29, 0.717) is 0 Å². The van der Waals surface area contributed by atoms with Gasteiger partial charge in [-0.15, -0.1) is 0 Å². The van der Waals surface area contributed by atoms with E-state index < -0.39 is 0 Å². The van der Waals surface area contributed by atoms with Crippen molar-refractivity contribution in [3.05, 3.63) is 18.5 Å². The molecule has 2 aliphatic heterocycles. The SMILES string of the molecule is c1cnc(N2CCN(CCCCN3C[C@@H]4[C@@H]5CC[C@@H](C5)[C@@H]4C3)CC2)nc1. The van der Waals surface area contributed by atoms with Crippen molar-refractivity contribution in [2.75, 3.05) is 57.3 Å². The van der Waals surface area contributed by atoms with E-state index in [1.54, 1.807) is 19.3 Å². The minimum Gasteiger partial charge on any atom is -0.338 e. The summed E-state index contributed by atoms with van der Waals surface area (Å²) in [4.78, 5) is 16.5. The molecule has 1 aromatic rings. The number of rotatable bonds is 6. The van der Waals surface area contributed by atoms with Gasteiger partial charge >= 0.3 is 0 Å². The summed E-state index contributed by atoms with van der Waals surface area (Å²) in [5, 5.41) is 0. The maximum Gasteiger partial charge on any atom is 0.225 e. The second-order valence-electron chi connectivity index (χ2n) is 9.01. The molecule has 5 heteroatoms. The second kappa shape index (κ2) is 7.43. The molecule has 4 fully saturated rings. The number of nitrogens with zero attached hydrogens (tertiary/aromatic N) is 5. The van der Waals surface area contributed by atoms with E-state index in [0.717, 1.165) is 55.8 Å². The van der Waals surface area contributed by atoms with Gasteiger partial charge in [0, 0.05) is 51.7 Å². The van der Waals surface area contributed by atoms with Crippen LogP contribution in [0.3, 0.4) is 0 Å². The van der Waals surface area contributed by atoms with Crippen LogP contribution in [0.15, 0.2) is 18.5 Å². The highest BCUT2D eigenvalue weighted by Gasteiger charge is 2.51. The summed E-state index contributed by atoms with van der Waals surface area (Å²) in [5.74, 6) is 5.23. The van der Waals surface area contributed by atoms with E-state index in [1.165, 1.54) is 39.0 Å². The predicted molar refractivity (Wildman–Crippen MR) is 104 cm³/mol. The second-order valence-corrected chi connectivity index (χ2v) is 9.01. The minimum absolute atomic E-state index is 0.890. The van der Waals surface area contributed by atoms with Crippen LogP contribution in [0.5, 0.6) is 0 Å². The minimum atomic E-state index is 0.890. The van der Waals surface area contributed by atoms with Crippen LogP contribution < -0.4 is 4.90 Å². The summed E-state index contributed by atoms with van der Waals surface area (Å²) in [6.07, 6.45) is 11.1. The van der Waals surface area contributed by atoms with Crippen LogP contribution in [0.25, 0.3) is 0 Å². The van der Waals surface area contributed by atoms with E-state index in [2.05, 4.69) is 24.7 Å². The molecule has 0 N–H and O–H groups in total. The molecule has 4 aliphatic rings. The number of hydrogen-bond donors (Lipinski definition) is 0. The molecule has 0 spiro atoms. The zero-order valence-electron chi connectivity index (χ0n) is 16.0. The first-order valence-electron chi connectivity index (χ1n) is 10.8. The lowest BCUT2D eigenvalue weighted by molar-refractivity contribution is 0.238. The molecule has 4 atom stereocenters. The number of likely N-dealkylation sites (tertiary alicyclic amines) is 1. The van der Waals surface area contributed by atoms with Crippen molar-refractivity contribution >= 4 is 5.95 Å².